The van der Waals surface area contributed by atoms with Crippen LogP contribution in [0.4, 0.5) is 4.79 Å². The van der Waals surface area contributed by atoms with Crippen molar-refractivity contribution in [3.8, 4) is 5.75 Å². The summed E-state index contributed by atoms with van der Waals surface area (Å²) in [5.74, 6) is 1.38. The van der Waals surface area contributed by atoms with Crippen molar-refractivity contribution in [1.82, 2.24) is 20.4 Å². The fourth-order valence-electron chi connectivity index (χ4n) is 3.04. The van der Waals surface area contributed by atoms with Crippen molar-refractivity contribution >= 4 is 18.0 Å². The fraction of sp³-hybridized carbons (Fsp3) is 0.591. The number of carbonyl (C=O) groups is 2. The first kappa shape index (κ1) is 24.3. The summed E-state index contributed by atoms with van der Waals surface area (Å²) in [4.78, 5) is 31.5. The molecule has 0 bridgehead atoms. The topological polar surface area (TPSA) is 95.5 Å². The maximum atomic E-state index is 11.9. The highest BCUT2D eigenvalue weighted by atomic mass is 16.6. The minimum atomic E-state index is -0.261. The van der Waals surface area contributed by atoms with Gasteiger partial charge in [-0.1, -0.05) is 18.2 Å². The third-order valence-electron chi connectivity index (χ3n) is 4.86. The summed E-state index contributed by atoms with van der Waals surface area (Å²) in [6, 6.07) is 9.87. The zero-order valence-corrected chi connectivity index (χ0v) is 18.8. The lowest BCUT2D eigenvalue weighted by atomic mass is 10.1. The van der Waals surface area contributed by atoms with E-state index in [0.29, 0.717) is 38.8 Å². The summed E-state index contributed by atoms with van der Waals surface area (Å²) in [6.45, 7) is 4.77. The number of piperidine rings is 1. The van der Waals surface area contributed by atoms with E-state index < -0.39 is 0 Å². The zero-order chi connectivity index (χ0) is 22.5. The molecule has 1 fully saturated rings. The molecule has 1 heterocycles. The fourth-order valence-corrected chi connectivity index (χ4v) is 3.04. The second-order valence-corrected chi connectivity index (χ2v) is 7.50. The van der Waals surface area contributed by atoms with Gasteiger partial charge in [-0.05, 0) is 38.3 Å². The van der Waals surface area contributed by atoms with E-state index in [1.807, 2.05) is 30.3 Å². The predicted octanol–water partition coefficient (Wildman–Crippen LogP) is 1.70. The van der Waals surface area contributed by atoms with Gasteiger partial charge in [0.2, 0.25) is 5.91 Å². The largest absolute Gasteiger partial charge is 0.494 e. The van der Waals surface area contributed by atoms with Crippen molar-refractivity contribution in [1.29, 1.82) is 0 Å². The number of hydrogen-bond donors (Lipinski definition) is 2. The standard InChI is InChI=1S/C22H35N5O4/c1-4-30-22(29)27-14-11-18(12-15-27)25-21(24-17-20(28)26(2)3)23-13-8-16-31-19-9-6-5-7-10-19/h5-7,9-10,18H,4,8,11-17H2,1-3H3,(H2,23,24,25). The summed E-state index contributed by atoms with van der Waals surface area (Å²) in [7, 11) is 3.43. The predicted molar refractivity (Wildman–Crippen MR) is 120 cm³/mol. The first-order valence-electron chi connectivity index (χ1n) is 10.8. The lowest BCUT2D eigenvalue weighted by molar-refractivity contribution is -0.127. The molecule has 0 unspecified atom stereocenters. The van der Waals surface area contributed by atoms with Gasteiger partial charge >= 0.3 is 6.09 Å². The number of hydrogen-bond acceptors (Lipinski definition) is 5. The van der Waals surface area contributed by atoms with Gasteiger partial charge in [0.15, 0.2) is 5.96 Å². The molecule has 1 aromatic carbocycles. The number of benzene rings is 1. The Morgan fingerprint density at radius 2 is 1.90 bits per heavy atom. The number of nitrogens with zero attached hydrogens (tertiary/aromatic N) is 3. The van der Waals surface area contributed by atoms with Crippen molar-refractivity contribution in [2.75, 3.05) is 53.5 Å². The molecule has 0 atom stereocenters. The first-order chi connectivity index (χ1) is 15.0. The van der Waals surface area contributed by atoms with E-state index >= 15 is 0 Å². The number of ether oxygens (including phenoxy) is 2. The highest BCUT2D eigenvalue weighted by Crippen LogP contribution is 2.11. The van der Waals surface area contributed by atoms with E-state index in [0.717, 1.165) is 25.0 Å². The molecule has 172 valence electrons. The molecule has 0 saturated carbocycles. The molecule has 2 amide bonds. The number of carbonyl (C=O) groups excluding carboxylic acids is 2. The van der Waals surface area contributed by atoms with Gasteiger partial charge in [-0.25, -0.2) is 9.79 Å². The molecule has 0 spiro atoms. The van der Waals surface area contributed by atoms with Gasteiger partial charge in [0.05, 0.1) is 13.2 Å². The molecule has 0 aromatic heterocycles. The highest BCUT2D eigenvalue weighted by Gasteiger charge is 2.24. The molecule has 2 rings (SSSR count). The van der Waals surface area contributed by atoms with Crippen LogP contribution in [0.15, 0.2) is 35.3 Å². The molecule has 0 radical (unpaired) electrons. The van der Waals surface area contributed by atoms with Crippen LogP contribution in [0, 0.1) is 0 Å². The molecular weight excluding hydrogens is 398 g/mol. The smallest absolute Gasteiger partial charge is 0.409 e. The number of nitrogens with one attached hydrogen (secondary N) is 2. The van der Waals surface area contributed by atoms with Crippen molar-refractivity contribution in [2.45, 2.75) is 32.2 Å². The second kappa shape index (κ2) is 13.4. The summed E-state index contributed by atoms with van der Waals surface area (Å²) in [5.41, 5.74) is 0. The highest BCUT2D eigenvalue weighted by molar-refractivity contribution is 5.85. The number of aliphatic imine (C=N–C) groups is 1. The van der Waals surface area contributed by atoms with E-state index in [9.17, 15) is 9.59 Å². The second-order valence-electron chi connectivity index (χ2n) is 7.50. The van der Waals surface area contributed by atoms with Crippen molar-refractivity contribution < 1.29 is 19.1 Å². The molecule has 31 heavy (non-hydrogen) atoms. The Morgan fingerprint density at radius 1 is 1.19 bits per heavy atom. The van der Waals surface area contributed by atoms with E-state index in [-0.39, 0.29) is 24.6 Å². The van der Waals surface area contributed by atoms with Crippen LogP contribution in [0.5, 0.6) is 5.75 Å². The Morgan fingerprint density at radius 3 is 2.55 bits per heavy atom. The Balaban J connectivity index is 1.80. The number of rotatable bonds is 9. The van der Waals surface area contributed by atoms with Crippen LogP contribution in [0.25, 0.3) is 0 Å². The number of guanidine groups is 1. The normalized spacial score (nSPS) is 14.7. The van der Waals surface area contributed by atoms with Crippen LogP contribution in [-0.2, 0) is 9.53 Å². The van der Waals surface area contributed by atoms with Crippen LogP contribution in [0.1, 0.15) is 26.2 Å². The maximum absolute atomic E-state index is 11.9. The summed E-state index contributed by atoms with van der Waals surface area (Å²) in [6.07, 6.45) is 2.11. The molecule has 1 saturated heterocycles. The van der Waals surface area contributed by atoms with E-state index in [1.165, 1.54) is 4.90 Å². The Labute approximate surface area is 184 Å². The van der Waals surface area contributed by atoms with Gasteiger partial charge in [-0.2, -0.15) is 0 Å². The molecule has 9 heteroatoms. The molecule has 9 nitrogen and oxygen atoms in total. The zero-order valence-electron chi connectivity index (χ0n) is 18.8. The maximum Gasteiger partial charge on any atom is 0.409 e. The quantitative estimate of drug-likeness (QED) is 0.350. The third kappa shape index (κ3) is 9.15. The van der Waals surface area contributed by atoms with E-state index in [2.05, 4.69) is 15.6 Å². The molecule has 1 aromatic rings. The van der Waals surface area contributed by atoms with Gasteiger partial charge in [-0.3, -0.25) is 4.79 Å². The molecule has 1 aliphatic heterocycles. The van der Waals surface area contributed by atoms with Gasteiger partial charge in [0.1, 0.15) is 12.3 Å². The lowest BCUT2D eigenvalue weighted by Gasteiger charge is -2.32. The number of para-hydroxylation sites is 1. The lowest BCUT2D eigenvalue weighted by Crippen LogP contribution is -2.50. The monoisotopic (exact) mass is 433 g/mol. The van der Waals surface area contributed by atoms with Crippen molar-refractivity contribution in [3.63, 3.8) is 0 Å². The van der Waals surface area contributed by atoms with Gasteiger partial charge in [0.25, 0.3) is 0 Å². The van der Waals surface area contributed by atoms with Gasteiger partial charge < -0.3 is 29.9 Å². The number of amides is 2. The number of likely N-dealkylation sites (tertiary alicyclic amines) is 1. The van der Waals surface area contributed by atoms with E-state index in [4.69, 9.17) is 9.47 Å². The molecule has 2 N–H and O–H groups in total. The number of likely N-dealkylation sites (N-methyl/N-ethyl adjacent to an activating group) is 1. The van der Waals surface area contributed by atoms with Crippen LogP contribution in [-0.4, -0.2) is 87.3 Å². The first-order valence-corrected chi connectivity index (χ1v) is 10.8. The molecular formula is C22H35N5O4. The SMILES string of the molecule is CCOC(=O)N1CCC(NC(=NCC(=O)N(C)C)NCCCOc2ccccc2)CC1. The molecule has 1 aliphatic rings. The van der Waals surface area contributed by atoms with Crippen LogP contribution >= 0.6 is 0 Å². The Hall–Kier alpha value is -2.97. The summed E-state index contributed by atoms with van der Waals surface area (Å²) >= 11 is 0. The van der Waals surface area contributed by atoms with Crippen LogP contribution in [0.3, 0.4) is 0 Å². The minimum Gasteiger partial charge on any atom is -0.494 e. The van der Waals surface area contributed by atoms with Gasteiger partial charge in [-0.15, -0.1) is 0 Å². The average Bonchev–Trinajstić information content (AvgIpc) is 2.78. The third-order valence-corrected chi connectivity index (χ3v) is 4.86. The Bertz CT molecular complexity index is 703. The summed E-state index contributed by atoms with van der Waals surface area (Å²) < 4.78 is 10.8. The van der Waals surface area contributed by atoms with E-state index in [1.54, 1.807) is 25.9 Å². The minimum absolute atomic E-state index is 0.0642. The van der Waals surface area contributed by atoms with Crippen molar-refractivity contribution in [3.05, 3.63) is 30.3 Å². The van der Waals surface area contributed by atoms with Crippen LogP contribution < -0.4 is 15.4 Å². The molecule has 0 aliphatic carbocycles. The van der Waals surface area contributed by atoms with Crippen molar-refractivity contribution in [2.24, 2.45) is 4.99 Å². The van der Waals surface area contributed by atoms with Gasteiger partial charge in [0, 0.05) is 39.8 Å². The Kier molecular flexibility index (Phi) is 10.5. The van der Waals surface area contributed by atoms with Crippen LogP contribution in [0.2, 0.25) is 0 Å². The summed E-state index contributed by atoms with van der Waals surface area (Å²) in [5, 5.41) is 6.68. The average molecular weight is 434 g/mol.